The zero-order valence-corrected chi connectivity index (χ0v) is 24.3. The molecule has 1 aromatic carbocycles. The Bertz CT molecular complexity index is 1590. The van der Waals surface area contributed by atoms with Gasteiger partial charge in [0.15, 0.2) is 5.82 Å². The van der Waals surface area contributed by atoms with Crippen LogP contribution >= 0.6 is 0 Å². The van der Waals surface area contributed by atoms with Gasteiger partial charge < -0.3 is 19.7 Å². The van der Waals surface area contributed by atoms with E-state index in [2.05, 4.69) is 46.1 Å². The number of carbonyl (C=O) groups is 1. The van der Waals surface area contributed by atoms with Crippen LogP contribution in [0.4, 0.5) is 9.18 Å². The molecule has 0 saturated heterocycles. The third-order valence-corrected chi connectivity index (χ3v) is 9.03. The number of amides is 1. The van der Waals surface area contributed by atoms with Gasteiger partial charge in [-0.2, -0.15) is 5.26 Å². The highest BCUT2D eigenvalue weighted by Crippen LogP contribution is 2.40. The van der Waals surface area contributed by atoms with Crippen molar-refractivity contribution < 1.29 is 19.0 Å². The number of imidazole rings is 1. The number of benzene rings is 1. The highest BCUT2D eigenvalue weighted by Gasteiger charge is 2.38. The molecule has 0 aliphatic heterocycles. The maximum absolute atomic E-state index is 15.1. The number of ether oxygens (including phenoxy) is 1. The van der Waals surface area contributed by atoms with Crippen LogP contribution in [-0.4, -0.2) is 61.2 Å². The molecule has 0 unspecified atom stereocenters. The number of halogens is 1. The molecule has 214 valence electrons. The number of pyridine rings is 1. The van der Waals surface area contributed by atoms with Crippen molar-refractivity contribution in [3.63, 3.8) is 0 Å². The van der Waals surface area contributed by atoms with Crippen LogP contribution in [-0.2, 0) is 11.5 Å². The Labute approximate surface area is 238 Å². The van der Waals surface area contributed by atoms with Crippen LogP contribution in [0.2, 0.25) is 25.7 Å². The van der Waals surface area contributed by atoms with Crippen molar-refractivity contribution in [2.75, 3.05) is 6.61 Å². The highest BCUT2D eigenvalue weighted by molar-refractivity contribution is 6.76. The second-order valence-electron chi connectivity index (χ2n) is 11.5. The fourth-order valence-electron chi connectivity index (χ4n) is 5.26. The van der Waals surface area contributed by atoms with Gasteiger partial charge in [0.2, 0.25) is 0 Å². The lowest BCUT2D eigenvalue weighted by atomic mass is 9.81. The van der Waals surface area contributed by atoms with Crippen LogP contribution < -0.4 is 5.32 Å². The van der Waals surface area contributed by atoms with E-state index in [9.17, 15) is 15.2 Å². The molecule has 2 N–H and O–H groups in total. The number of nitrogens with zero attached hydrogens (tertiary/aromatic N) is 7. The lowest BCUT2D eigenvalue weighted by Gasteiger charge is -2.35. The maximum atomic E-state index is 15.1. The van der Waals surface area contributed by atoms with Crippen molar-refractivity contribution in [3.05, 3.63) is 48.7 Å². The first-order valence-electron chi connectivity index (χ1n) is 13.6. The molecule has 4 aromatic rings. The molecule has 13 heteroatoms. The number of fused-ring (bicyclic) bond motifs is 1. The second-order valence-corrected chi connectivity index (χ2v) is 17.1. The summed E-state index contributed by atoms with van der Waals surface area (Å²) < 4.78 is 24.3. The number of rotatable bonds is 9. The highest BCUT2D eigenvalue weighted by atomic mass is 28.3. The van der Waals surface area contributed by atoms with Crippen LogP contribution in [0, 0.1) is 23.1 Å². The second kappa shape index (κ2) is 11.8. The summed E-state index contributed by atoms with van der Waals surface area (Å²) in [6, 6.07) is 10.5. The summed E-state index contributed by atoms with van der Waals surface area (Å²) >= 11 is 0. The predicted molar refractivity (Wildman–Crippen MR) is 153 cm³/mol. The minimum Gasteiger partial charge on any atom is -0.465 e. The first kappa shape index (κ1) is 28.4. The summed E-state index contributed by atoms with van der Waals surface area (Å²) in [5.74, 6) is -0.388. The molecular weight excluding hydrogens is 543 g/mol. The van der Waals surface area contributed by atoms with Crippen molar-refractivity contribution in [2.45, 2.75) is 63.8 Å². The van der Waals surface area contributed by atoms with Gasteiger partial charge in [-0.15, -0.1) is 5.10 Å². The molecule has 1 aliphatic rings. The molecular formula is C28H33FN8O3Si. The molecule has 0 radical (unpaired) electrons. The molecule has 1 saturated carbocycles. The van der Waals surface area contributed by atoms with Gasteiger partial charge >= 0.3 is 6.09 Å². The Balaban J connectivity index is 1.54. The van der Waals surface area contributed by atoms with Crippen molar-refractivity contribution >= 4 is 25.2 Å². The standard InChI is InChI=1S/C28H33FN8O3Si/c1-41(2,3)12-11-40-17-36-16-32-26(35-36)22-13-25-23(15-31-22)33-27(18-7-4-5-8-20(18)29)37(25)24-10-6-9-21(19(24)14-30)34-28(38)39/h4-5,7-8,13,15-16,19,21,24,34H,6,9-12,17H2,1-3H3,(H,38,39)/t19-,21-,24+/m0/s1. The Morgan fingerprint density at radius 2 is 2.07 bits per heavy atom. The summed E-state index contributed by atoms with van der Waals surface area (Å²) in [4.78, 5) is 25.2. The van der Waals surface area contributed by atoms with E-state index in [4.69, 9.17) is 9.72 Å². The zero-order valence-electron chi connectivity index (χ0n) is 23.3. The van der Waals surface area contributed by atoms with Crippen molar-refractivity contribution in [1.29, 1.82) is 5.26 Å². The van der Waals surface area contributed by atoms with E-state index in [0.29, 0.717) is 54.2 Å². The molecule has 1 fully saturated rings. The topological polar surface area (TPSA) is 144 Å². The maximum Gasteiger partial charge on any atom is 0.404 e. The van der Waals surface area contributed by atoms with E-state index in [1.165, 1.54) is 6.07 Å². The van der Waals surface area contributed by atoms with Crippen molar-refractivity contribution in [2.24, 2.45) is 5.92 Å². The zero-order chi connectivity index (χ0) is 29.1. The molecule has 3 atom stereocenters. The average Bonchev–Trinajstić information content (AvgIpc) is 3.55. The van der Waals surface area contributed by atoms with E-state index >= 15 is 4.39 Å². The molecule has 1 amide bonds. The normalized spacial score (nSPS) is 19.2. The van der Waals surface area contributed by atoms with Crippen LogP contribution in [0.3, 0.4) is 0 Å². The number of hydrogen-bond donors (Lipinski definition) is 2. The fourth-order valence-corrected chi connectivity index (χ4v) is 6.02. The van der Waals surface area contributed by atoms with Crippen molar-refractivity contribution in [1.82, 2.24) is 34.6 Å². The number of carboxylic acid groups (broad SMARTS) is 1. The Kier molecular flexibility index (Phi) is 8.14. The van der Waals surface area contributed by atoms with E-state index in [1.54, 1.807) is 41.5 Å². The van der Waals surface area contributed by atoms with Gasteiger partial charge in [0.25, 0.3) is 0 Å². The molecule has 3 heterocycles. The Morgan fingerprint density at radius 3 is 2.80 bits per heavy atom. The minimum atomic E-state index is -1.20. The average molecular weight is 577 g/mol. The summed E-state index contributed by atoms with van der Waals surface area (Å²) in [5, 5.41) is 26.6. The predicted octanol–water partition coefficient (Wildman–Crippen LogP) is 5.31. The van der Waals surface area contributed by atoms with E-state index in [1.807, 2.05) is 4.57 Å². The number of nitrogens with one attached hydrogen (secondary N) is 1. The molecule has 1 aliphatic carbocycles. The summed E-state index contributed by atoms with van der Waals surface area (Å²) in [5.41, 5.74) is 1.93. The van der Waals surface area contributed by atoms with Gasteiger partial charge in [-0.3, -0.25) is 4.98 Å². The van der Waals surface area contributed by atoms with Crippen LogP contribution in [0.15, 0.2) is 42.9 Å². The Morgan fingerprint density at radius 1 is 1.27 bits per heavy atom. The molecule has 0 bridgehead atoms. The number of aromatic nitrogens is 6. The molecule has 11 nitrogen and oxygen atoms in total. The van der Waals surface area contributed by atoms with Gasteiger partial charge in [-0.05, 0) is 43.5 Å². The van der Waals surface area contributed by atoms with Gasteiger partial charge in [0.1, 0.15) is 35.9 Å². The summed E-state index contributed by atoms with van der Waals surface area (Å²) in [6.07, 6.45) is 3.82. The lowest BCUT2D eigenvalue weighted by molar-refractivity contribution is 0.0784. The summed E-state index contributed by atoms with van der Waals surface area (Å²) in [6.45, 7) is 7.82. The largest absolute Gasteiger partial charge is 0.465 e. The number of nitriles is 1. The molecule has 5 rings (SSSR count). The SMILES string of the molecule is C[Si](C)(C)CCOCn1cnc(-c2cc3c(cn2)nc(-c2ccccc2F)n3[C@@H]2CCC[C@H](NC(=O)O)[C@@H]2C#N)n1. The molecule has 3 aromatic heterocycles. The lowest BCUT2D eigenvalue weighted by Crippen LogP contribution is -2.45. The smallest absolute Gasteiger partial charge is 0.404 e. The third-order valence-electron chi connectivity index (χ3n) is 7.33. The van der Waals surface area contributed by atoms with Gasteiger partial charge in [0, 0.05) is 14.7 Å². The van der Waals surface area contributed by atoms with Crippen LogP contribution in [0.1, 0.15) is 25.3 Å². The van der Waals surface area contributed by atoms with E-state index < -0.39 is 38.0 Å². The van der Waals surface area contributed by atoms with Crippen LogP contribution in [0.25, 0.3) is 33.9 Å². The van der Waals surface area contributed by atoms with Gasteiger partial charge in [-0.25, -0.2) is 23.8 Å². The molecule has 41 heavy (non-hydrogen) atoms. The fraction of sp³-hybridized carbons (Fsp3) is 0.429. The summed E-state index contributed by atoms with van der Waals surface area (Å²) in [7, 11) is -1.20. The van der Waals surface area contributed by atoms with Gasteiger partial charge in [0.05, 0.1) is 41.3 Å². The first-order valence-corrected chi connectivity index (χ1v) is 17.3. The van der Waals surface area contributed by atoms with E-state index in [0.717, 1.165) is 6.04 Å². The van der Waals surface area contributed by atoms with E-state index in [-0.39, 0.29) is 12.3 Å². The Hall–Kier alpha value is -4.15. The quantitative estimate of drug-likeness (QED) is 0.202. The van der Waals surface area contributed by atoms with Crippen LogP contribution in [0.5, 0.6) is 0 Å². The minimum absolute atomic E-state index is 0.277. The number of hydrogen-bond acceptors (Lipinski definition) is 7. The molecule has 0 spiro atoms. The third kappa shape index (κ3) is 6.28. The monoisotopic (exact) mass is 576 g/mol. The van der Waals surface area contributed by atoms with Crippen molar-refractivity contribution in [3.8, 4) is 29.0 Å². The first-order chi connectivity index (χ1) is 19.6. The van der Waals surface area contributed by atoms with Gasteiger partial charge in [-0.1, -0.05) is 31.8 Å².